The minimum absolute atomic E-state index is 0.0371. The summed E-state index contributed by atoms with van der Waals surface area (Å²) in [7, 11) is 0. The van der Waals surface area contributed by atoms with E-state index in [9.17, 15) is 4.79 Å². The van der Waals surface area contributed by atoms with Gasteiger partial charge in [0.2, 0.25) is 0 Å². The van der Waals surface area contributed by atoms with Crippen LogP contribution < -0.4 is 10.2 Å². The zero-order chi connectivity index (χ0) is 19.2. The maximum atomic E-state index is 12.9. The van der Waals surface area contributed by atoms with E-state index < -0.39 is 0 Å². The lowest BCUT2D eigenvalue weighted by atomic mass is 10.2. The first kappa shape index (κ1) is 17.9. The fourth-order valence-electron chi connectivity index (χ4n) is 3.22. The summed E-state index contributed by atoms with van der Waals surface area (Å²) in [5.74, 6) is 1.69. The van der Waals surface area contributed by atoms with Crippen LogP contribution in [0.4, 0.5) is 11.6 Å². The summed E-state index contributed by atoms with van der Waals surface area (Å²) in [4.78, 5) is 29.7. The van der Waals surface area contributed by atoms with Crippen LogP contribution in [-0.2, 0) is 6.54 Å². The number of nitrogens with zero attached hydrogens (tertiary/aromatic N) is 5. The average Bonchev–Trinajstić information content (AvgIpc) is 2.79. The van der Waals surface area contributed by atoms with Crippen molar-refractivity contribution in [1.82, 2.24) is 19.9 Å². The van der Waals surface area contributed by atoms with Gasteiger partial charge in [-0.3, -0.25) is 9.78 Å². The van der Waals surface area contributed by atoms with Gasteiger partial charge in [-0.15, -0.1) is 0 Å². The van der Waals surface area contributed by atoms with E-state index in [2.05, 4.69) is 25.2 Å². The summed E-state index contributed by atoms with van der Waals surface area (Å²) in [6.07, 6.45) is 6.99. The molecule has 1 N–H and O–H groups in total. The molecule has 1 fully saturated rings. The van der Waals surface area contributed by atoms with Gasteiger partial charge in [0.15, 0.2) is 0 Å². The number of hydrogen-bond acceptors (Lipinski definition) is 6. The molecule has 0 bridgehead atoms. The molecule has 0 radical (unpaired) electrons. The summed E-state index contributed by atoms with van der Waals surface area (Å²) in [5.41, 5.74) is 1.76. The molecule has 1 aliphatic heterocycles. The first-order valence-electron chi connectivity index (χ1n) is 9.34. The number of amides is 1. The quantitative estimate of drug-likeness (QED) is 0.739. The molecule has 4 rings (SSSR count). The SMILES string of the molecule is O=C(c1ccnc(NCc2ccncc2)c1)N1CCN(c2ccccn2)CC1. The first-order valence-corrected chi connectivity index (χ1v) is 9.34. The molecule has 1 amide bonds. The molecule has 142 valence electrons. The Kier molecular flexibility index (Phi) is 5.42. The van der Waals surface area contributed by atoms with Crippen LogP contribution in [-0.4, -0.2) is 51.9 Å². The van der Waals surface area contributed by atoms with E-state index >= 15 is 0 Å². The molecular weight excluding hydrogens is 352 g/mol. The molecule has 3 aromatic heterocycles. The molecule has 0 unspecified atom stereocenters. The summed E-state index contributed by atoms with van der Waals surface area (Å²) >= 11 is 0. The minimum Gasteiger partial charge on any atom is -0.366 e. The smallest absolute Gasteiger partial charge is 0.254 e. The number of aromatic nitrogens is 3. The maximum Gasteiger partial charge on any atom is 0.254 e. The Morgan fingerprint density at radius 1 is 0.929 bits per heavy atom. The van der Waals surface area contributed by atoms with E-state index in [1.54, 1.807) is 30.9 Å². The van der Waals surface area contributed by atoms with Gasteiger partial charge < -0.3 is 15.1 Å². The fraction of sp³-hybridized carbons (Fsp3) is 0.238. The fourth-order valence-corrected chi connectivity index (χ4v) is 3.22. The van der Waals surface area contributed by atoms with Crippen LogP contribution in [0.1, 0.15) is 15.9 Å². The third-order valence-corrected chi connectivity index (χ3v) is 4.77. The van der Waals surface area contributed by atoms with Crippen LogP contribution in [0, 0.1) is 0 Å². The van der Waals surface area contributed by atoms with Crippen LogP contribution in [0.5, 0.6) is 0 Å². The second kappa shape index (κ2) is 8.47. The molecule has 28 heavy (non-hydrogen) atoms. The molecular formula is C21H22N6O. The van der Waals surface area contributed by atoms with Crippen LogP contribution in [0.2, 0.25) is 0 Å². The van der Waals surface area contributed by atoms with Gasteiger partial charge in [-0.1, -0.05) is 6.07 Å². The molecule has 0 atom stereocenters. The topological polar surface area (TPSA) is 74.2 Å². The highest BCUT2D eigenvalue weighted by Crippen LogP contribution is 2.16. The number of carbonyl (C=O) groups excluding carboxylic acids is 1. The lowest BCUT2D eigenvalue weighted by molar-refractivity contribution is 0.0746. The van der Waals surface area contributed by atoms with E-state index in [0.717, 1.165) is 24.5 Å². The lowest BCUT2D eigenvalue weighted by Crippen LogP contribution is -2.49. The van der Waals surface area contributed by atoms with Gasteiger partial charge in [-0.25, -0.2) is 9.97 Å². The second-order valence-corrected chi connectivity index (χ2v) is 6.61. The van der Waals surface area contributed by atoms with E-state index in [4.69, 9.17) is 0 Å². The van der Waals surface area contributed by atoms with Gasteiger partial charge >= 0.3 is 0 Å². The lowest BCUT2D eigenvalue weighted by Gasteiger charge is -2.35. The van der Waals surface area contributed by atoms with Gasteiger partial charge in [-0.05, 0) is 42.0 Å². The minimum atomic E-state index is 0.0371. The van der Waals surface area contributed by atoms with Crippen molar-refractivity contribution in [1.29, 1.82) is 0 Å². The highest BCUT2D eigenvalue weighted by atomic mass is 16.2. The summed E-state index contributed by atoms with van der Waals surface area (Å²) < 4.78 is 0. The monoisotopic (exact) mass is 374 g/mol. The Morgan fingerprint density at radius 2 is 1.75 bits per heavy atom. The summed E-state index contributed by atoms with van der Waals surface area (Å²) in [5, 5.41) is 3.26. The standard InChI is InChI=1S/C21H22N6O/c28-21(27-13-11-26(12-14-27)20-3-1-2-7-24-20)18-6-10-23-19(15-18)25-16-17-4-8-22-9-5-17/h1-10,15H,11-14,16H2,(H,23,25). The molecule has 0 saturated carbocycles. The first-order chi connectivity index (χ1) is 13.8. The Morgan fingerprint density at radius 3 is 2.50 bits per heavy atom. The molecule has 7 nitrogen and oxygen atoms in total. The van der Waals surface area contributed by atoms with Gasteiger partial charge in [0.05, 0.1) is 0 Å². The van der Waals surface area contributed by atoms with Crippen molar-refractivity contribution >= 4 is 17.5 Å². The normalized spacial score (nSPS) is 14.0. The van der Waals surface area contributed by atoms with Crippen molar-refractivity contribution < 1.29 is 4.79 Å². The van der Waals surface area contributed by atoms with Gasteiger partial charge in [0.1, 0.15) is 11.6 Å². The van der Waals surface area contributed by atoms with Crippen molar-refractivity contribution in [3.63, 3.8) is 0 Å². The molecule has 1 saturated heterocycles. The number of nitrogens with one attached hydrogen (secondary N) is 1. The summed E-state index contributed by atoms with van der Waals surface area (Å²) in [6.45, 7) is 3.55. The van der Waals surface area contributed by atoms with E-state index in [0.29, 0.717) is 31.0 Å². The Labute approximate surface area is 164 Å². The van der Waals surface area contributed by atoms with Crippen LogP contribution in [0.15, 0.2) is 67.3 Å². The molecule has 4 heterocycles. The zero-order valence-electron chi connectivity index (χ0n) is 15.5. The number of carbonyl (C=O) groups is 1. The van der Waals surface area contributed by atoms with Crippen LogP contribution >= 0.6 is 0 Å². The number of hydrogen-bond donors (Lipinski definition) is 1. The molecule has 0 aromatic carbocycles. The van der Waals surface area contributed by atoms with Crippen LogP contribution in [0.25, 0.3) is 0 Å². The van der Waals surface area contributed by atoms with Gasteiger partial charge in [-0.2, -0.15) is 0 Å². The average molecular weight is 374 g/mol. The highest BCUT2D eigenvalue weighted by Gasteiger charge is 2.23. The Balaban J connectivity index is 1.36. The Hall–Kier alpha value is -3.48. The number of rotatable bonds is 5. The highest BCUT2D eigenvalue weighted by molar-refractivity contribution is 5.95. The van der Waals surface area contributed by atoms with Crippen molar-refractivity contribution in [3.05, 3.63) is 78.4 Å². The van der Waals surface area contributed by atoms with E-state index in [1.807, 2.05) is 41.3 Å². The van der Waals surface area contributed by atoms with E-state index in [1.165, 1.54) is 0 Å². The van der Waals surface area contributed by atoms with Crippen molar-refractivity contribution in [3.8, 4) is 0 Å². The van der Waals surface area contributed by atoms with Crippen molar-refractivity contribution in [2.75, 3.05) is 36.4 Å². The van der Waals surface area contributed by atoms with E-state index in [-0.39, 0.29) is 5.91 Å². The number of piperazine rings is 1. The molecule has 0 aliphatic carbocycles. The molecule has 3 aromatic rings. The Bertz CT molecular complexity index is 910. The van der Waals surface area contributed by atoms with Gasteiger partial charge in [0.25, 0.3) is 5.91 Å². The molecule has 7 heteroatoms. The zero-order valence-corrected chi connectivity index (χ0v) is 15.5. The maximum absolute atomic E-state index is 12.9. The second-order valence-electron chi connectivity index (χ2n) is 6.61. The third kappa shape index (κ3) is 4.25. The van der Waals surface area contributed by atoms with Crippen LogP contribution in [0.3, 0.4) is 0 Å². The predicted molar refractivity (Wildman–Crippen MR) is 108 cm³/mol. The van der Waals surface area contributed by atoms with Crippen molar-refractivity contribution in [2.24, 2.45) is 0 Å². The predicted octanol–water partition coefficient (Wildman–Crippen LogP) is 2.45. The molecule has 1 aliphatic rings. The molecule has 0 spiro atoms. The van der Waals surface area contributed by atoms with Crippen molar-refractivity contribution in [2.45, 2.75) is 6.54 Å². The largest absolute Gasteiger partial charge is 0.366 e. The number of anilines is 2. The van der Waals surface area contributed by atoms with Gasteiger partial charge in [0, 0.05) is 63.1 Å². The summed E-state index contributed by atoms with van der Waals surface area (Å²) in [6, 6.07) is 13.4. The third-order valence-electron chi connectivity index (χ3n) is 4.77. The number of pyridine rings is 3.